The molecule has 27 heavy (non-hydrogen) atoms. The van der Waals surface area contributed by atoms with Crippen LogP contribution in [0.3, 0.4) is 0 Å². The molecule has 0 aliphatic carbocycles. The third-order valence-corrected chi connectivity index (χ3v) is 5.26. The van der Waals surface area contributed by atoms with Crippen LogP contribution in [0.5, 0.6) is 5.75 Å². The molecule has 7 nitrogen and oxygen atoms in total. The zero-order valence-corrected chi connectivity index (χ0v) is 16.5. The summed E-state index contributed by atoms with van der Waals surface area (Å²) in [6.45, 7) is 9.27. The summed E-state index contributed by atoms with van der Waals surface area (Å²) in [5, 5.41) is 14.3. The highest BCUT2D eigenvalue weighted by Crippen LogP contribution is 2.32. The molecular weight excluding hydrogens is 344 g/mol. The molecule has 0 radical (unpaired) electrons. The number of aryl methyl sites for hydroxylation is 2. The molecule has 1 fully saturated rings. The van der Waals surface area contributed by atoms with E-state index in [2.05, 4.69) is 16.1 Å². The molecule has 2 heterocycles. The zero-order chi connectivity index (χ0) is 19.6. The van der Waals surface area contributed by atoms with Crippen molar-refractivity contribution in [3.05, 3.63) is 41.2 Å². The summed E-state index contributed by atoms with van der Waals surface area (Å²) in [4.78, 5) is 16.4. The minimum absolute atomic E-state index is 0.623. The topological polar surface area (TPSA) is 70.8 Å². The van der Waals surface area contributed by atoms with Gasteiger partial charge in [0.25, 0.3) is 0 Å². The van der Waals surface area contributed by atoms with Gasteiger partial charge in [0.1, 0.15) is 11.8 Å². The van der Waals surface area contributed by atoms with E-state index in [-0.39, 0.29) is 0 Å². The van der Waals surface area contributed by atoms with E-state index in [4.69, 9.17) is 4.74 Å². The maximum atomic E-state index is 12.1. The average molecular weight is 372 g/mol. The number of anilines is 1. The Morgan fingerprint density at radius 1 is 1.22 bits per heavy atom. The Morgan fingerprint density at radius 2 is 1.89 bits per heavy atom. The molecule has 0 bridgehead atoms. The third-order valence-electron chi connectivity index (χ3n) is 5.26. The highest BCUT2D eigenvalue weighted by Gasteiger charge is 2.34. The van der Waals surface area contributed by atoms with Gasteiger partial charge in [-0.05, 0) is 32.9 Å². The van der Waals surface area contributed by atoms with Crippen LogP contribution in [0.15, 0.2) is 24.3 Å². The zero-order valence-electron chi connectivity index (χ0n) is 16.5. The van der Waals surface area contributed by atoms with Crippen molar-refractivity contribution < 1.29 is 14.6 Å². The van der Waals surface area contributed by atoms with Crippen molar-refractivity contribution in [2.45, 2.75) is 26.8 Å². The Balaban J connectivity index is 1.78. The standard InChI is InChI=1S/C20H28N4O3/c1-5-27-17-9-7-6-8-16(17)23-10-12-24(13-11-23)19(20(25)26)18-14(2)21-22(4)15(18)3/h6-9,19H,5,10-13H2,1-4H3,(H,25,26)/t19-/m0/s1. The lowest BCUT2D eigenvalue weighted by Gasteiger charge is -2.39. The lowest BCUT2D eigenvalue weighted by atomic mass is 10.0. The molecule has 1 aliphatic rings. The fourth-order valence-corrected chi connectivity index (χ4v) is 3.86. The summed E-state index contributed by atoms with van der Waals surface area (Å²) in [5.74, 6) is 0.0551. The van der Waals surface area contributed by atoms with E-state index >= 15 is 0 Å². The van der Waals surface area contributed by atoms with Crippen molar-refractivity contribution in [1.29, 1.82) is 0 Å². The van der Waals surface area contributed by atoms with Crippen molar-refractivity contribution in [3.8, 4) is 5.75 Å². The Morgan fingerprint density at radius 3 is 2.44 bits per heavy atom. The quantitative estimate of drug-likeness (QED) is 0.840. The predicted octanol–water partition coefficient (Wildman–Crippen LogP) is 2.38. The molecule has 1 aromatic heterocycles. The SMILES string of the molecule is CCOc1ccccc1N1CCN([C@H](C(=O)O)c2c(C)nn(C)c2C)CC1. The van der Waals surface area contributed by atoms with E-state index < -0.39 is 12.0 Å². The van der Waals surface area contributed by atoms with Crippen molar-refractivity contribution in [2.24, 2.45) is 7.05 Å². The number of ether oxygens (including phenoxy) is 1. The molecule has 0 spiro atoms. The molecule has 0 unspecified atom stereocenters. The van der Waals surface area contributed by atoms with Crippen LogP contribution in [-0.2, 0) is 11.8 Å². The number of nitrogens with zero attached hydrogens (tertiary/aromatic N) is 4. The van der Waals surface area contributed by atoms with Gasteiger partial charge in [0, 0.05) is 44.5 Å². The molecule has 0 amide bonds. The first-order valence-corrected chi connectivity index (χ1v) is 9.37. The number of aromatic nitrogens is 2. The van der Waals surface area contributed by atoms with E-state index in [0.29, 0.717) is 19.7 Å². The van der Waals surface area contributed by atoms with Gasteiger partial charge in [-0.3, -0.25) is 14.4 Å². The number of aliphatic carboxylic acids is 1. The first-order chi connectivity index (χ1) is 12.9. The lowest BCUT2D eigenvalue weighted by molar-refractivity contribution is -0.143. The number of carboxylic acid groups (broad SMARTS) is 1. The highest BCUT2D eigenvalue weighted by molar-refractivity contribution is 5.76. The van der Waals surface area contributed by atoms with Crippen molar-refractivity contribution in [2.75, 3.05) is 37.7 Å². The second-order valence-corrected chi connectivity index (χ2v) is 6.87. The first-order valence-electron chi connectivity index (χ1n) is 9.37. The number of rotatable bonds is 6. The fraction of sp³-hybridized carbons (Fsp3) is 0.500. The molecule has 1 saturated heterocycles. The summed E-state index contributed by atoms with van der Waals surface area (Å²) < 4.78 is 7.50. The molecular formula is C20H28N4O3. The minimum atomic E-state index is -0.822. The lowest BCUT2D eigenvalue weighted by Crippen LogP contribution is -2.49. The maximum Gasteiger partial charge on any atom is 0.325 e. The monoisotopic (exact) mass is 372 g/mol. The molecule has 1 aromatic carbocycles. The number of hydrogen-bond acceptors (Lipinski definition) is 5. The largest absolute Gasteiger partial charge is 0.492 e. The number of carboxylic acids is 1. The molecule has 146 valence electrons. The van der Waals surface area contributed by atoms with E-state index in [1.807, 2.05) is 50.9 Å². The van der Waals surface area contributed by atoms with Gasteiger partial charge in [-0.2, -0.15) is 5.10 Å². The number of para-hydroxylation sites is 2. The van der Waals surface area contributed by atoms with Crippen molar-refractivity contribution in [3.63, 3.8) is 0 Å². The smallest absolute Gasteiger partial charge is 0.325 e. The van der Waals surface area contributed by atoms with Crippen molar-refractivity contribution in [1.82, 2.24) is 14.7 Å². The van der Waals surface area contributed by atoms with Crippen LogP contribution in [0.1, 0.15) is 29.9 Å². The second kappa shape index (κ2) is 8.00. The van der Waals surface area contributed by atoms with Crippen LogP contribution in [-0.4, -0.2) is 58.5 Å². The Labute approximate surface area is 160 Å². The normalized spacial score (nSPS) is 16.4. The summed E-state index contributed by atoms with van der Waals surface area (Å²) in [5.41, 5.74) is 3.57. The molecule has 2 aromatic rings. The minimum Gasteiger partial charge on any atom is -0.492 e. The molecule has 1 N–H and O–H groups in total. The Kier molecular flexibility index (Phi) is 5.70. The predicted molar refractivity (Wildman–Crippen MR) is 104 cm³/mol. The fourth-order valence-electron chi connectivity index (χ4n) is 3.86. The summed E-state index contributed by atoms with van der Waals surface area (Å²) in [7, 11) is 1.85. The highest BCUT2D eigenvalue weighted by atomic mass is 16.5. The van der Waals surface area contributed by atoms with Gasteiger partial charge in [-0.1, -0.05) is 12.1 Å². The van der Waals surface area contributed by atoms with Crippen LogP contribution >= 0.6 is 0 Å². The molecule has 3 rings (SSSR count). The summed E-state index contributed by atoms with van der Waals surface area (Å²) in [6, 6.07) is 7.35. The van der Waals surface area contributed by atoms with Crippen LogP contribution in [0.2, 0.25) is 0 Å². The second-order valence-electron chi connectivity index (χ2n) is 6.87. The average Bonchev–Trinajstić information content (AvgIpc) is 2.89. The van der Waals surface area contributed by atoms with Gasteiger partial charge in [0.15, 0.2) is 0 Å². The number of piperazine rings is 1. The molecule has 7 heteroatoms. The van der Waals surface area contributed by atoms with Crippen LogP contribution in [0.4, 0.5) is 5.69 Å². The number of hydrogen-bond donors (Lipinski definition) is 1. The third kappa shape index (κ3) is 3.78. The van der Waals surface area contributed by atoms with Crippen LogP contribution in [0, 0.1) is 13.8 Å². The summed E-state index contributed by atoms with van der Waals surface area (Å²) >= 11 is 0. The van der Waals surface area contributed by atoms with Gasteiger partial charge in [0.05, 0.1) is 18.0 Å². The summed E-state index contributed by atoms with van der Waals surface area (Å²) in [6.07, 6.45) is 0. The van der Waals surface area contributed by atoms with Gasteiger partial charge in [-0.25, -0.2) is 0 Å². The Hall–Kier alpha value is -2.54. The number of carbonyl (C=O) groups is 1. The van der Waals surface area contributed by atoms with E-state index in [9.17, 15) is 9.90 Å². The Bertz CT molecular complexity index is 810. The van der Waals surface area contributed by atoms with Crippen LogP contribution in [0.25, 0.3) is 0 Å². The van der Waals surface area contributed by atoms with E-state index in [1.165, 1.54) is 0 Å². The van der Waals surface area contributed by atoms with E-state index in [1.54, 1.807) is 4.68 Å². The van der Waals surface area contributed by atoms with Crippen molar-refractivity contribution >= 4 is 11.7 Å². The number of benzene rings is 1. The molecule has 0 saturated carbocycles. The van der Waals surface area contributed by atoms with Gasteiger partial charge < -0.3 is 14.7 Å². The first kappa shape index (κ1) is 19.2. The molecule has 1 atom stereocenters. The maximum absolute atomic E-state index is 12.1. The van der Waals surface area contributed by atoms with Crippen LogP contribution < -0.4 is 9.64 Å². The molecule has 1 aliphatic heterocycles. The van der Waals surface area contributed by atoms with E-state index in [0.717, 1.165) is 41.5 Å². The van der Waals surface area contributed by atoms with Gasteiger partial charge in [-0.15, -0.1) is 0 Å². The van der Waals surface area contributed by atoms with Gasteiger partial charge >= 0.3 is 5.97 Å². The van der Waals surface area contributed by atoms with Gasteiger partial charge in [0.2, 0.25) is 0 Å².